The molecule has 1 aromatic carbocycles. The molecular weight excluding hydrogens is 276 g/mol. The lowest BCUT2D eigenvalue weighted by atomic mass is 9.69. The van der Waals surface area contributed by atoms with E-state index in [0.29, 0.717) is 6.54 Å². The van der Waals surface area contributed by atoms with Crippen LogP contribution < -0.4 is 15.2 Å². The molecule has 0 spiro atoms. The van der Waals surface area contributed by atoms with Gasteiger partial charge in [-0.05, 0) is 26.0 Å². The summed E-state index contributed by atoms with van der Waals surface area (Å²) in [6.07, 6.45) is 6.38. The summed E-state index contributed by atoms with van der Waals surface area (Å²) >= 11 is 0. The van der Waals surface area contributed by atoms with Crippen LogP contribution in [0.15, 0.2) is 18.2 Å². The van der Waals surface area contributed by atoms with Crippen LogP contribution >= 0.6 is 0 Å². The van der Waals surface area contributed by atoms with Gasteiger partial charge in [-0.15, -0.1) is 0 Å². The fourth-order valence-corrected chi connectivity index (χ4v) is 3.91. The zero-order valence-corrected chi connectivity index (χ0v) is 13.8. The van der Waals surface area contributed by atoms with Gasteiger partial charge in [0.2, 0.25) is 0 Å². The Balaban J connectivity index is 1.94. The molecule has 0 unspecified atom stereocenters. The summed E-state index contributed by atoms with van der Waals surface area (Å²) < 4.78 is 11.9. The molecule has 2 aliphatic rings. The highest BCUT2D eigenvalue weighted by Crippen LogP contribution is 2.46. The molecule has 22 heavy (non-hydrogen) atoms. The Kier molecular flexibility index (Phi) is 4.59. The largest absolute Gasteiger partial charge is 0.493 e. The average molecular weight is 304 g/mol. The molecule has 0 bridgehead atoms. The third kappa shape index (κ3) is 2.82. The summed E-state index contributed by atoms with van der Waals surface area (Å²) in [5.41, 5.74) is 7.53. The van der Waals surface area contributed by atoms with E-state index in [-0.39, 0.29) is 11.5 Å². The van der Waals surface area contributed by atoms with Gasteiger partial charge < -0.3 is 15.2 Å². The Morgan fingerprint density at radius 1 is 1.23 bits per heavy atom. The van der Waals surface area contributed by atoms with E-state index < -0.39 is 0 Å². The van der Waals surface area contributed by atoms with Crippen molar-refractivity contribution in [1.29, 1.82) is 0 Å². The molecule has 4 heteroatoms. The van der Waals surface area contributed by atoms with E-state index in [0.717, 1.165) is 37.4 Å². The maximum absolute atomic E-state index is 6.33. The number of benzene rings is 1. The number of hydrogen-bond donors (Lipinski definition) is 1. The van der Waals surface area contributed by atoms with Crippen LogP contribution in [0.4, 0.5) is 0 Å². The van der Waals surface area contributed by atoms with E-state index in [1.165, 1.54) is 24.8 Å². The van der Waals surface area contributed by atoms with Crippen molar-refractivity contribution in [1.82, 2.24) is 4.90 Å². The Bertz CT molecular complexity index is 506. The molecule has 3 rings (SSSR count). The second-order valence-corrected chi connectivity index (χ2v) is 6.84. The van der Waals surface area contributed by atoms with Crippen LogP contribution in [-0.4, -0.2) is 44.8 Å². The van der Waals surface area contributed by atoms with E-state index in [9.17, 15) is 0 Å². The summed E-state index contributed by atoms with van der Waals surface area (Å²) in [7, 11) is 3.83. The number of hydrogen-bond acceptors (Lipinski definition) is 4. The highest BCUT2D eigenvalue weighted by Gasteiger charge is 2.37. The van der Waals surface area contributed by atoms with Crippen molar-refractivity contribution in [2.45, 2.75) is 43.6 Å². The van der Waals surface area contributed by atoms with Crippen molar-refractivity contribution in [3.8, 4) is 11.5 Å². The Morgan fingerprint density at radius 2 is 1.95 bits per heavy atom. The third-order valence-corrected chi connectivity index (χ3v) is 5.29. The Morgan fingerprint density at radius 3 is 2.55 bits per heavy atom. The number of nitrogens with two attached hydrogens (primary N) is 1. The summed E-state index contributed by atoms with van der Waals surface area (Å²) in [4.78, 5) is 2.26. The molecule has 2 fully saturated rings. The van der Waals surface area contributed by atoms with Crippen LogP contribution in [-0.2, 0) is 5.41 Å². The Labute approximate surface area is 133 Å². The van der Waals surface area contributed by atoms with E-state index in [1.807, 2.05) is 6.07 Å². The van der Waals surface area contributed by atoms with Gasteiger partial charge in [-0.25, -0.2) is 0 Å². The number of likely N-dealkylation sites (N-methyl/N-ethyl adjacent to an activating group) is 1. The maximum Gasteiger partial charge on any atom is 0.165 e. The van der Waals surface area contributed by atoms with Crippen molar-refractivity contribution in [2.24, 2.45) is 5.73 Å². The van der Waals surface area contributed by atoms with Crippen molar-refractivity contribution in [3.05, 3.63) is 23.8 Å². The molecule has 1 aromatic rings. The number of methoxy groups -OCH3 is 1. The normalized spacial score (nSPS) is 22.1. The molecule has 1 aliphatic carbocycles. The van der Waals surface area contributed by atoms with Gasteiger partial charge in [0.1, 0.15) is 6.10 Å². The molecule has 1 saturated heterocycles. The summed E-state index contributed by atoms with van der Waals surface area (Å²) in [6, 6.07) is 6.26. The maximum atomic E-state index is 6.33. The van der Waals surface area contributed by atoms with Crippen LogP contribution in [0.3, 0.4) is 0 Å². The molecule has 1 saturated carbocycles. The molecule has 0 radical (unpaired) electrons. The number of para-hydroxylation sites is 1. The second-order valence-electron chi connectivity index (χ2n) is 6.84. The predicted octanol–water partition coefficient (Wildman–Crippen LogP) is 2.55. The van der Waals surface area contributed by atoms with Crippen molar-refractivity contribution >= 4 is 0 Å². The van der Waals surface area contributed by atoms with Crippen molar-refractivity contribution < 1.29 is 9.47 Å². The monoisotopic (exact) mass is 304 g/mol. The van der Waals surface area contributed by atoms with Crippen LogP contribution in [0.1, 0.15) is 37.7 Å². The van der Waals surface area contributed by atoms with Gasteiger partial charge in [0.15, 0.2) is 11.5 Å². The number of nitrogens with zero attached hydrogens (tertiary/aromatic N) is 1. The van der Waals surface area contributed by atoms with Crippen molar-refractivity contribution in [2.75, 3.05) is 33.8 Å². The molecule has 0 atom stereocenters. The quantitative estimate of drug-likeness (QED) is 0.908. The van der Waals surface area contributed by atoms with E-state index in [2.05, 4.69) is 24.1 Å². The van der Waals surface area contributed by atoms with Gasteiger partial charge in [-0.1, -0.05) is 31.4 Å². The first-order valence-electron chi connectivity index (χ1n) is 8.41. The SMILES string of the molecule is COc1cccc(C2(CN)CCCCC2)c1OC1CN(C)C1. The predicted molar refractivity (Wildman–Crippen MR) is 88.7 cm³/mol. The standard InChI is InChI=1S/C18H28N2O2/c1-20-11-14(12-20)22-17-15(7-6-8-16(17)21-2)18(13-19)9-4-3-5-10-18/h6-8,14H,3-5,9-13,19H2,1-2H3. The van der Waals surface area contributed by atoms with E-state index in [4.69, 9.17) is 15.2 Å². The first-order valence-corrected chi connectivity index (χ1v) is 8.41. The lowest BCUT2D eigenvalue weighted by molar-refractivity contribution is 0.0349. The highest BCUT2D eigenvalue weighted by molar-refractivity contribution is 5.51. The van der Waals surface area contributed by atoms with Crippen molar-refractivity contribution in [3.63, 3.8) is 0 Å². The molecule has 4 nitrogen and oxygen atoms in total. The highest BCUT2D eigenvalue weighted by atomic mass is 16.5. The van der Waals surface area contributed by atoms with Gasteiger partial charge in [-0.2, -0.15) is 0 Å². The van der Waals surface area contributed by atoms with Crippen LogP contribution in [0.2, 0.25) is 0 Å². The van der Waals surface area contributed by atoms with Gasteiger partial charge >= 0.3 is 0 Å². The van der Waals surface area contributed by atoms with Gasteiger partial charge in [0.25, 0.3) is 0 Å². The molecule has 1 aliphatic heterocycles. The van der Waals surface area contributed by atoms with Crippen LogP contribution in [0.5, 0.6) is 11.5 Å². The van der Waals surface area contributed by atoms with Gasteiger partial charge in [0, 0.05) is 30.6 Å². The summed E-state index contributed by atoms with van der Waals surface area (Å²) in [5, 5.41) is 0. The lowest BCUT2D eigenvalue weighted by Crippen LogP contribution is -2.51. The first-order chi connectivity index (χ1) is 10.7. The molecule has 122 valence electrons. The van der Waals surface area contributed by atoms with E-state index in [1.54, 1.807) is 7.11 Å². The fraction of sp³-hybridized carbons (Fsp3) is 0.667. The van der Waals surface area contributed by atoms with Gasteiger partial charge in [-0.3, -0.25) is 4.90 Å². The number of rotatable bonds is 5. The average Bonchev–Trinajstić information content (AvgIpc) is 2.54. The summed E-state index contributed by atoms with van der Waals surface area (Å²) in [6.45, 7) is 2.64. The fourth-order valence-electron chi connectivity index (χ4n) is 3.91. The molecule has 0 aromatic heterocycles. The van der Waals surface area contributed by atoms with Gasteiger partial charge in [0.05, 0.1) is 7.11 Å². The minimum atomic E-state index is 0.0533. The molecule has 2 N–H and O–H groups in total. The number of ether oxygens (including phenoxy) is 2. The zero-order chi connectivity index (χ0) is 15.6. The minimum Gasteiger partial charge on any atom is -0.493 e. The zero-order valence-electron chi connectivity index (χ0n) is 13.8. The van der Waals surface area contributed by atoms with Crippen LogP contribution in [0, 0.1) is 0 Å². The third-order valence-electron chi connectivity index (χ3n) is 5.29. The molecular formula is C18H28N2O2. The summed E-state index contributed by atoms with van der Waals surface area (Å²) in [5.74, 6) is 1.76. The number of likely N-dealkylation sites (tertiary alicyclic amines) is 1. The first kappa shape index (κ1) is 15.6. The lowest BCUT2D eigenvalue weighted by Gasteiger charge is -2.41. The smallest absolute Gasteiger partial charge is 0.165 e. The van der Waals surface area contributed by atoms with Crippen LogP contribution in [0.25, 0.3) is 0 Å². The minimum absolute atomic E-state index is 0.0533. The van der Waals surface area contributed by atoms with E-state index >= 15 is 0 Å². The topological polar surface area (TPSA) is 47.7 Å². The molecule has 0 amide bonds. The second kappa shape index (κ2) is 6.47. The Hall–Kier alpha value is -1.26. The molecule has 1 heterocycles.